The van der Waals surface area contributed by atoms with Crippen LogP contribution in [0.25, 0.3) is 6.08 Å². The van der Waals surface area contributed by atoms with Crippen LogP contribution in [-0.4, -0.2) is 30.0 Å². The quantitative estimate of drug-likeness (QED) is 0.621. The summed E-state index contributed by atoms with van der Waals surface area (Å²) in [6.07, 6.45) is 9.27. The van der Waals surface area contributed by atoms with Crippen LogP contribution in [0.1, 0.15) is 51.0 Å². The van der Waals surface area contributed by atoms with Gasteiger partial charge in [-0.15, -0.1) is 0 Å². The van der Waals surface area contributed by atoms with Crippen molar-refractivity contribution < 1.29 is 9.53 Å². The van der Waals surface area contributed by atoms with Gasteiger partial charge in [-0.2, -0.15) is 0 Å². The molecule has 1 saturated heterocycles. The molecule has 1 aliphatic heterocycles. The predicted octanol–water partition coefficient (Wildman–Crippen LogP) is 4.03. The SMILES string of the molecule is CCC(=O)Oc1ccc(C=C2CCCCC2N2CCC2)cc1. The Morgan fingerprint density at radius 2 is 2.00 bits per heavy atom. The zero-order chi connectivity index (χ0) is 15.4. The molecular weight excluding hydrogens is 274 g/mol. The topological polar surface area (TPSA) is 29.5 Å². The van der Waals surface area contributed by atoms with Gasteiger partial charge in [0.05, 0.1) is 0 Å². The Labute approximate surface area is 133 Å². The van der Waals surface area contributed by atoms with Gasteiger partial charge in [0.2, 0.25) is 0 Å². The molecule has 1 heterocycles. The van der Waals surface area contributed by atoms with E-state index in [0.717, 1.165) is 0 Å². The first kappa shape index (κ1) is 15.3. The molecule has 3 nitrogen and oxygen atoms in total. The first-order valence-corrected chi connectivity index (χ1v) is 8.51. The number of rotatable bonds is 4. The lowest BCUT2D eigenvalue weighted by atomic mass is 9.86. The van der Waals surface area contributed by atoms with Crippen molar-refractivity contribution in [1.82, 2.24) is 4.90 Å². The Hall–Kier alpha value is -1.61. The molecule has 0 spiro atoms. The zero-order valence-electron chi connectivity index (χ0n) is 13.4. The van der Waals surface area contributed by atoms with Gasteiger partial charge in [-0.3, -0.25) is 9.69 Å². The van der Waals surface area contributed by atoms with Crippen molar-refractivity contribution in [2.45, 2.75) is 51.5 Å². The minimum absolute atomic E-state index is 0.184. The van der Waals surface area contributed by atoms with Crippen LogP contribution in [0, 0.1) is 0 Å². The maximum atomic E-state index is 11.3. The number of benzene rings is 1. The van der Waals surface area contributed by atoms with Crippen molar-refractivity contribution in [2.24, 2.45) is 0 Å². The van der Waals surface area contributed by atoms with Gasteiger partial charge in [0.15, 0.2) is 0 Å². The molecule has 1 aromatic carbocycles. The maximum Gasteiger partial charge on any atom is 0.310 e. The molecule has 3 rings (SSSR count). The van der Waals surface area contributed by atoms with Crippen molar-refractivity contribution in [1.29, 1.82) is 0 Å². The number of esters is 1. The number of hydrogen-bond donors (Lipinski definition) is 0. The van der Waals surface area contributed by atoms with Crippen LogP contribution in [0.5, 0.6) is 5.75 Å². The fourth-order valence-corrected chi connectivity index (χ4v) is 3.31. The van der Waals surface area contributed by atoms with Crippen LogP contribution in [0.4, 0.5) is 0 Å². The molecule has 1 aromatic rings. The third kappa shape index (κ3) is 3.58. The van der Waals surface area contributed by atoms with Crippen molar-refractivity contribution >= 4 is 12.0 Å². The van der Waals surface area contributed by atoms with Gasteiger partial charge in [-0.1, -0.05) is 37.1 Å². The Balaban J connectivity index is 1.70. The molecule has 0 N–H and O–H groups in total. The Bertz CT molecular complexity index is 543. The van der Waals surface area contributed by atoms with E-state index in [1.54, 1.807) is 12.5 Å². The van der Waals surface area contributed by atoms with E-state index in [-0.39, 0.29) is 5.97 Å². The van der Waals surface area contributed by atoms with Crippen molar-refractivity contribution in [3.05, 3.63) is 35.4 Å². The number of nitrogens with zero attached hydrogens (tertiary/aromatic N) is 1. The molecule has 2 fully saturated rings. The number of ether oxygens (including phenoxy) is 1. The van der Waals surface area contributed by atoms with E-state index in [0.29, 0.717) is 18.2 Å². The minimum atomic E-state index is -0.184. The third-order valence-corrected chi connectivity index (χ3v) is 4.70. The molecule has 0 aromatic heterocycles. The second-order valence-electron chi connectivity index (χ2n) is 6.27. The van der Waals surface area contributed by atoms with E-state index in [4.69, 9.17) is 4.74 Å². The van der Waals surface area contributed by atoms with Gasteiger partial charge in [-0.05, 0) is 56.5 Å². The average molecular weight is 299 g/mol. The summed E-state index contributed by atoms with van der Waals surface area (Å²) in [5.41, 5.74) is 2.78. The summed E-state index contributed by atoms with van der Waals surface area (Å²) in [5.74, 6) is 0.452. The molecule has 22 heavy (non-hydrogen) atoms. The summed E-state index contributed by atoms with van der Waals surface area (Å²) in [6, 6.07) is 8.53. The van der Waals surface area contributed by atoms with Gasteiger partial charge < -0.3 is 4.74 Å². The molecule has 0 amide bonds. The number of carbonyl (C=O) groups is 1. The highest BCUT2D eigenvalue weighted by Gasteiger charge is 2.28. The molecular formula is C19H25NO2. The normalized spacial score (nSPS) is 24.0. The lowest BCUT2D eigenvalue weighted by molar-refractivity contribution is -0.134. The first-order chi connectivity index (χ1) is 10.8. The molecule has 118 valence electrons. The summed E-state index contributed by atoms with van der Waals surface area (Å²) < 4.78 is 5.23. The van der Waals surface area contributed by atoms with E-state index >= 15 is 0 Å². The smallest absolute Gasteiger partial charge is 0.310 e. The second-order valence-corrected chi connectivity index (χ2v) is 6.27. The molecule has 1 unspecified atom stereocenters. The highest BCUT2D eigenvalue weighted by Crippen LogP contribution is 2.32. The van der Waals surface area contributed by atoms with E-state index < -0.39 is 0 Å². The van der Waals surface area contributed by atoms with Crippen LogP contribution < -0.4 is 4.74 Å². The highest BCUT2D eigenvalue weighted by molar-refractivity contribution is 5.72. The van der Waals surface area contributed by atoms with E-state index in [1.165, 1.54) is 50.8 Å². The summed E-state index contributed by atoms with van der Waals surface area (Å²) in [6.45, 7) is 4.32. The van der Waals surface area contributed by atoms with Gasteiger partial charge in [0, 0.05) is 12.5 Å². The largest absolute Gasteiger partial charge is 0.427 e. The molecule has 1 atom stereocenters. The maximum absolute atomic E-state index is 11.3. The molecule has 2 aliphatic rings. The molecule has 1 saturated carbocycles. The monoisotopic (exact) mass is 299 g/mol. The predicted molar refractivity (Wildman–Crippen MR) is 88.8 cm³/mol. The number of hydrogen-bond acceptors (Lipinski definition) is 3. The van der Waals surface area contributed by atoms with Crippen LogP contribution in [0.15, 0.2) is 29.8 Å². The number of likely N-dealkylation sites (tertiary alicyclic amines) is 1. The van der Waals surface area contributed by atoms with Crippen LogP contribution in [0.2, 0.25) is 0 Å². The lowest BCUT2D eigenvalue weighted by Crippen LogP contribution is -2.46. The third-order valence-electron chi connectivity index (χ3n) is 4.70. The Kier molecular flexibility index (Phi) is 4.94. The highest BCUT2D eigenvalue weighted by atomic mass is 16.5. The van der Waals surface area contributed by atoms with Crippen molar-refractivity contribution in [3.8, 4) is 5.75 Å². The summed E-state index contributed by atoms with van der Waals surface area (Å²) in [7, 11) is 0. The van der Waals surface area contributed by atoms with E-state index in [2.05, 4.69) is 11.0 Å². The summed E-state index contributed by atoms with van der Waals surface area (Å²) >= 11 is 0. The van der Waals surface area contributed by atoms with Crippen LogP contribution in [-0.2, 0) is 4.79 Å². The summed E-state index contributed by atoms with van der Waals surface area (Å²) in [4.78, 5) is 13.9. The fourth-order valence-electron chi connectivity index (χ4n) is 3.31. The molecule has 0 radical (unpaired) electrons. The fraction of sp³-hybridized carbons (Fsp3) is 0.526. The first-order valence-electron chi connectivity index (χ1n) is 8.51. The Morgan fingerprint density at radius 3 is 2.64 bits per heavy atom. The number of carbonyl (C=O) groups excluding carboxylic acids is 1. The van der Waals surface area contributed by atoms with Gasteiger partial charge in [-0.25, -0.2) is 0 Å². The van der Waals surface area contributed by atoms with Gasteiger partial charge >= 0.3 is 5.97 Å². The minimum Gasteiger partial charge on any atom is -0.427 e. The van der Waals surface area contributed by atoms with Gasteiger partial charge in [0.1, 0.15) is 5.75 Å². The standard InChI is InChI=1S/C19H25NO2/c1-2-19(21)22-17-10-8-15(9-11-17)14-16-6-3-4-7-18(16)20-12-5-13-20/h8-11,14,18H,2-7,12-13H2,1H3. The second kappa shape index (κ2) is 7.10. The van der Waals surface area contributed by atoms with Gasteiger partial charge in [0.25, 0.3) is 0 Å². The lowest BCUT2D eigenvalue weighted by Gasteiger charge is -2.42. The van der Waals surface area contributed by atoms with Crippen molar-refractivity contribution in [3.63, 3.8) is 0 Å². The summed E-state index contributed by atoms with van der Waals surface area (Å²) in [5, 5.41) is 0. The molecule has 0 bridgehead atoms. The Morgan fingerprint density at radius 1 is 1.23 bits per heavy atom. The van der Waals surface area contributed by atoms with E-state index in [9.17, 15) is 4.79 Å². The van der Waals surface area contributed by atoms with E-state index in [1.807, 2.05) is 24.3 Å². The molecule has 1 aliphatic carbocycles. The van der Waals surface area contributed by atoms with Crippen LogP contribution in [0.3, 0.4) is 0 Å². The van der Waals surface area contributed by atoms with Crippen molar-refractivity contribution in [2.75, 3.05) is 13.1 Å². The average Bonchev–Trinajstić information content (AvgIpc) is 2.49. The van der Waals surface area contributed by atoms with Crippen LogP contribution >= 0.6 is 0 Å². The molecule has 3 heteroatoms. The zero-order valence-corrected chi connectivity index (χ0v) is 13.4.